The van der Waals surface area contributed by atoms with Crippen molar-refractivity contribution in [1.82, 2.24) is 10.2 Å². The first kappa shape index (κ1) is 28.5. The van der Waals surface area contributed by atoms with Crippen LogP contribution in [0.2, 0.25) is 5.02 Å². The van der Waals surface area contributed by atoms with Crippen LogP contribution in [0, 0.1) is 0 Å². The Kier molecular flexibility index (Phi) is 9.29. The summed E-state index contributed by atoms with van der Waals surface area (Å²) in [7, 11) is 2.97. The molecule has 1 saturated heterocycles. The highest BCUT2D eigenvalue weighted by Gasteiger charge is 2.36. The van der Waals surface area contributed by atoms with Crippen LogP contribution in [-0.4, -0.2) is 43.6 Å². The van der Waals surface area contributed by atoms with Crippen LogP contribution in [0.15, 0.2) is 66.2 Å². The summed E-state index contributed by atoms with van der Waals surface area (Å²) in [6, 6.07) is 17.0. The van der Waals surface area contributed by atoms with E-state index >= 15 is 0 Å². The predicted molar refractivity (Wildman–Crippen MR) is 150 cm³/mol. The molecular formula is C30H29ClN2O7. The Morgan fingerprint density at radius 1 is 0.875 bits per heavy atom. The van der Waals surface area contributed by atoms with Gasteiger partial charge in [-0.1, -0.05) is 54.9 Å². The molecule has 4 amide bonds. The summed E-state index contributed by atoms with van der Waals surface area (Å²) in [5.74, 6) is 0.112. The van der Waals surface area contributed by atoms with E-state index in [4.69, 9.17) is 30.5 Å². The molecule has 3 aromatic carbocycles. The van der Waals surface area contributed by atoms with Gasteiger partial charge in [0, 0.05) is 0 Å². The molecule has 9 nitrogen and oxygen atoms in total. The summed E-state index contributed by atoms with van der Waals surface area (Å²) < 4.78 is 22.4. The number of hydrogen-bond donors (Lipinski definition) is 1. The number of hydrogen-bond acceptors (Lipinski definition) is 7. The minimum Gasteiger partial charge on any atom is -0.493 e. The monoisotopic (exact) mass is 564 g/mol. The summed E-state index contributed by atoms with van der Waals surface area (Å²) in [5, 5.41) is 2.46. The molecule has 1 fully saturated rings. The molecule has 0 aliphatic carbocycles. The van der Waals surface area contributed by atoms with Crippen LogP contribution in [-0.2, 0) is 22.7 Å². The Labute approximate surface area is 237 Å². The van der Waals surface area contributed by atoms with E-state index in [2.05, 4.69) is 5.32 Å². The highest BCUT2D eigenvalue weighted by atomic mass is 35.5. The number of carbonyl (C=O) groups excluding carboxylic acids is 3. The fourth-order valence-corrected chi connectivity index (χ4v) is 4.30. The maximum atomic E-state index is 13.3. The molecule has 1 aliphatic heterocycles. The number of ether oxygens (including phenoxy) is 4. The van der Waals surface area contributed by atoms with E-state index < -0.39 is 17.8 Å². The van der Waals surface area contributed by atoms with Crippen molar-refractivity contribution in [2.75, 3.05) is 20.8 Å². The quantitative estimate of drug-likeness (QED) is 0.246. The smallest absolute Gasteiger partial charge is 0.331 e. The Morgan fingerprint density at radius 2 is 1.62 bits per heavy atom. The van der Waals surface area contributed by atoms with Gasteiger partial charge in [0.25, 0.3) is 11.8 Å². The number of benzene rings is 3. The van der Waals surface area contributed by atoms with Crippen LogP contribution in [0.5, 0.6) is 23.0 Å². The van der Waals surface area contributed by atoms with Crippen molar-refractivity contribution < 1.29 is 33.3 Å². The first-order valence-electron chi connectivity index (χ1n) is 12.6. The molecule has 0 aromatic heterocycles. The van der Waals surface area contributed by atoms with E-state index in [-0.39, 0.29) is 23.7 Å². The second-order valence-corrected chi connectivity index (χ2v) is 9.26. The van der Waals surface area contributed by atoms with Gasteiger partial charge >= 0.3 is 6.03 Å². The first-order valence-corrected chi connectivity index (χ1v) is 12.9. The van der Waals surface area contributed by atoms with Crippen LogP contribution in [0.4, 0.5) is 4.79 Å². The SMILES string of the molecule is CCCOc1ccc(CN2C(=O)NC(=O)/C(=C\c3cc(Cl)c(OCc4ccccc4)c(OC)c3)C2=O)cc1OC. The van der Waals surface area contributed by atoms with Gasteiger partial charge in [-0.25, -0.2) is 4.79 Å². The normalized spacial score (nSPS) is 14.2. The number of nitrogens with one attached hydrogen (secondary N) is 1. The zero-order valence-corrected chi connectivity index (χ0v) is 23.1. The number of barbiturate groups is 1. The van der Waals surface area contributed by atoms with Gasteiger partial charge in [-0.2, -0.15) is 0 Å². The molecule has 1 aliphatic rings. The van der Waals surface area contributed by atoms with Gasteiger partial charge in [-0.15, -0.1) is 0 Å². The number of rotatable bonds is 11. The second-order valence-electron chi connectivity index (χ2n) is 8.85. The molecule has 40 heavy (non-hydrogen) atoms. The fraction of sp³-hybridized carbons (Fsp3) is 0.233. The molecule has 0 radical (unpaired) electrons. The Morgan fingerprint density at radius 3 is 2.33 bits per heavy atom. The van der Waals surface area contributed by atoms with E-state index in [9.17, 15) is 14.4 Å². The molecular weight excluding hydrogens is 536 g/mol. The lowest BCUT2D eigenvalue weighted by Gasteiger charge is -2.26. The van der Waals surface area contributed by atoms with Crippen molar-refractivity contribution in [3.05, 3.63) is 87.9 Å². The van der Waals surface area contributed by atoms with Crippen molar-refractivity contribution in [3.63, 3.8) is 0 Å². The summed E-state index contributed by atoms with van der Waals surface area (Å²) in [5.41, 5.74) is 1.75. The van der Waals surface area contributed by atoms with E-state index in [1.54, 1.807) is 30.3 Å². The molecule has 0 unspecified atom stereocenters. The van der Waals surface area contributed by atoms with E-state index in [1.807, 2.05) is 37.3 Å². The van der Waals surface area contributed by atoms with Crippen LogP contribution in [0.25, 0.3) is 6.08 Å². The Balaban J connectivity index is 1.57. The van der Waals surface area contributed by atoms with Gasteiger partial charge in [-0.05, 0) is 53.5 Å². The van der Waals surface area contributed by atoms with Gasteiger partial charge in [0.1, 0.15) is 12.2 Å². The lowest BCUT2D eigenvalue weighted by molar-refractivity contribution is -0.130. The zero-order valence-electron chi connectivity index (χ0n) is 22.4. The second kappa shape index (κ2) is 13.0. The summed E-state index contributed by atoms with van der Waals surface area (Å²) in [6.07, 6.45) is 2.19. The minimum absolute atomic E-state index is 0.0873. The summed E-state index contributed by atoms with van der Waals surface area (Å²) >= 11 is 6.50. The van der Waals surface area contributed by atoms with Gasteiger partial charge in [0.2, 0.25) is 0 Å². The van der Waals surface area contributed by atoms with Gasteiger partial charge in [0.05, 0.1) is 32.4 Å². The number of carbonyl (C=O) groups is 3. The Bertz CT molecular complexity index is 1440. The molecule has 0 spiro atoms. The third-order valence-corrected chi connectivity index (χ3v) is 6.29. The maximum Gasteiger partial charge on any atom is 0.331 e. The van der Waals surface area contributed by atoms with E-state index in [1.165, 1.54) is 20.3 Å². The highest BCUT2D eigenvalue weighted by molar-refractivity contribution is 6.33. The molecule has 0 atom stereocenters. The average Bonchev–Trinajstić information content (AvgIpc) is 2.96. The standard InChI is InChI=1S/C30H29ClN2O7/c1-4-12-39-24-11-10-20(15-25(24)37-2)17-33-29(35)22(28(34)32-30(33)36)13-21-14-23(31)27(26(16-21)38-3)40-18-19-8-6-5-7-9-19/h5-11,13-16H,4,12,17-18H2,1-3H3,(H,32,34,36)/b22-13+. The third kappa shape index (κ3) is 6.55. The third-order valence-electron chi connectivity index (χ3n) is 6.00. The van der Waals surface area contributed by atoms with Crippen LogP contribution in [0.1, 0.15) is 30.0 Å². The number of urea groups is 1. The molecule has 3 aromatic rings. The molecule has 1 heterocycles. The molecule has 1 N–H and O–H groups in total. The number of nitrogens with zero attached hydrogens (tertiary/aromatic N) is 1. The number of imide groups is 2. The van der Waals surface area contributed by atoms with E-state index in [0.29, 0.717) is 40.7 Å². The molecule has 10 heteroatoms. The van der Waals surface area contributed by atoms with Gasteiger partial charge in [-0.3, -0.25) is 19.8 Å². The van der Waals surface area contributed by atoms with Crippen molar-refractivity contribution in [3.8, 4) is 23.0 Å². The van der Waals surface area contributed by atoms with Gasteiger partial charge < -0.3 is 18.9 Å². The largest absolute Gasteiger partial charge is 0.493 e. The van der Waals surface area contributed by atoms with Crippen LogP contribution in [0.3, 0.4) is 0 Å². The lowest BCUT2D eigenvalue weighted by Crippen LogP contribution is -2.53. The van der Waals surface area contributed by atoms with Crippen LogP contribution < -0.4 is 24.3 Å². The van der Waals surface area contributed by atoms with Crippen molar-refractivity contribution in [2.45, 2.75) is 26.5 Å². The van der Waals surface area contributed by atoms with Crippen LogP contribution >= 0.6 is 11.6 Å². The van der Waals surface area contributed by atoms with Gasteiger partial charge in [0.15, 0.2) is 23.0 Å². The first-order chi connectivity index (χ1) is 19.3. The Hall–Kier alpha value is -4.50. The maximum absolute atomic E-state index is 13.3. The topological polar surface area (TPSA) is 103 Å². The molecule has 0 saturated carbocycles. The minimum atomic E-state index is -0.822. The zero-order chi connectivity index (χ0) is 28.6. The van der Waals surface area contributed by atoms with Crippen molar-refractivity contribution in [2.24, 2.45) is 0 Å². The number of halogens is 1. The summed E-state index contributed by atoms with van der Waals surface area (Å²) in [4.78, 5) is 39.5. The molecule has 0 bridgehead atoms. The number of amides is 4. The molecule has 4 rings (SSSR count). The summed E-state index contributed by atoms with van der Waals surface area (Å²) in [6.45, 7) is 2.70. The fourth-order valence-electron chi connectivity index (χ4n) is 4.02. The average molecular weight is 565 g/mol. The highest BCUT2D eigenvalue weighted by Crippen LogP contribution is 2.38. The predicted octanol–water partition coefficient (Wildman–Crippen LogP) is 5.39. The lowest BCUT2D eigenvalue weighted by atomic mass is 10.1. The number of methoxy groups -OCH3 is 2. The van der Waals surface area contributed by atoms with E-state index in [0.717, 1.165) is 16.9 Å². The van der Waals surface area contributed by atoms with Crippen molar-refractivity contribution >= 4 is 35.5 Å². The molecule has 208 valence electrons. The van der Waals surface area contributed by atoms with Crippen molar-refractivity contribution in [1.29, 1.82) is 0 Å².